The number of benzene rings is 5. The Labute approximate surface area is 331 Å². The Hall–Kier alpha value is -6.69. The van der Waals surface area contributed by atoms with Crippen molar-refractivity contribution < 1.29 is 38.9 Å². The van der Waals surface area contributed by atoms with Crippen molar-refractivity contribution >= 4 is 56.8 Å². The summed E-state index contributed by atoms with van der Waals surface area (Å²) in [7, 11) is 1.65. The lowest BCUT2D eigenvalue weighted by Gasteiger charge is -2.22. The molecule has 6 rings (SSSR count). The normalized spacial score (nSPS) is 11.3. The molecule has 0 aliphatic heterocycles. The van der Waals surface area contributed by atoms with Crippen LogP contribution >= 0.6 is 0 Å². The molecule has 1 aromatic heterocycles. The molecule has 1 atom stereocenters. The number of aliphatic carboxylic acids is 1. The van der Waals surface area contributed by atoms with Gasteiger partial charge in [0, 0.05) is 36.6 Å². The quantitative estimate of drug-likeness (QED) is 0.0451. The first-order valence-electron chi connectivity index (χ1n) is 18.9. The number of para-hydroxylation sites is 1. The van der Waals surface area contributed by atoms with E-state index in [0.29, 0.717) is 45.6 Å². The van der Waals surface area contributed by atoms with Gasteiger partial charge in [-0.1, -0.05) is 68.7 Å². The maximum atomic E-state index is 13.3. The van der Waals surface area contributed by atoms with Crippen LogP contribution in [-0.4, -0.2) is 57.3 Å². The van der Waals surface area contributed by atoms with Crippen molar-refractivity contribution in [3.05, 3.63) is 120 Å². The summed E-state index contributed by atoms with van der Waals surface area (Å²) in [5.41, 5.74) is 3.46. The molecule has 12 heteroatoms. The highest BCUT2D eigenvalue weighted by atomic mass is 16.5. The summed E-state index contributed by atoms with van der Waals surface area (Å²) in [5, 5.41) is 31.8. The number of unbranched alkanes of at least 4 members (excludes halogenated alkanes) is 3. The summed E-state index contributed by atoms with van der Waals surface area (Å²) < 4.78 is 11.5. The molecule has 57 heavy (non-hydrogen) atoms. The second-order valence-electron chi connectivity index (χ2n) is 13.8. The van der Waals surface area contributed by atoms with Gasteiger partial charge in [0.2, 0.25) is 5.91 Å². The van der Waals surface area contributed by atoms with Crippen LogP contribution in [0.3, 0.4) is 0 Å². The summed E-state index contributed by atoms with van der Waals surface area (Å²) >= 11 is 0. The highest BCUT2D eigenvalue weighted by Crippen LogP contribution is 2.36. The number of rotatable bonds is 15. The minimum absolute atomic E-state index is 0.00222. The van der Waals surface area contributed by atoms with E-state index < -0.39 is 11.9 Å². The Morgan fingerprint density at radius 3 is 2.40 bits per heavy atom. The lowest BCUT2D eigenvalue weighted by molar-refractivity contribution is -0.137. The van der Waals surface area contributed by atoms with Crippen LogP contribution in [-0.2, 0) is 9.59 Å². The number of hydrogen-bond acceptors (Lipinski definition) is 8. The number of carbonyl (C=O) groups is 4. The van der Waals surface area contributed by atoms with E-state index in [9.17, 15) is 29.4 Å². The number of anilines is 2. The van der Waals surface area contributed by atoms with Crippen molar-refractivity contribution in [2.75, 3.05) is 17.3 Å². The number of hydrogen-bond donors (Lipinski definition) is 4. The van der Waals surface area contributed by atoms with E-state index in [-0.39, 0.29) is 35.7 Å². The zero-order valence-electron chi connectivity index (χ0n) is 32.6. The van der Waals surface area contributed by atoms with Crippen molar-refractivity contribution in [3.63, 3.8) is 0 Å². The van der Waals surface area contributed by atoms with Gasteiger partial charge in [-0.2, -0.15) is 5.10 Å². The summed E-state index contributed by atoms with van der Waals surface area (Å²) in [6.45, 7) is 5.49. The number of carboxylic acid groups (broad SMARTS) is 1. The third-order valence-corrected chi connectivity index (χ3v) is 9.45. The maximum absolute atomic E-state index is 13.3. The van der Waals surface area contributed by atoms with Crippen molar-refractivity contribution in [2.45, 2.75) is 71.8 Å². The highest BCUT2D eigenvalue weighted by molar-refractivity contribution is 6.13. The second-order valence-corrected chi connectivity index (χ2v) is 13.8. The number of nitrogens with zero attached hydrogens (tertiary/aromatic N) is 2. The van der Waals surface area contributed by atoms with E-state index in [1.165, 1.54) is 17.9 Å². The Morgan fingerprint density at radius 1 is 0.877 bits per heavy atom. The second kappa shape index (κ2) is 19.8. The average Bonchev–Trinajstić information content (AvgIpc) is 3.68. The first kappa shape index (κ1) is 41.5. The molecule has 0 spiro atoms. The number of phenols is 1. The number of amides is 2. The number of ether oxygens (including phenoxy) is 2. The van der Waals surface area contributed by atoms with Gasteiger partial charge in [0.15, 0.2) is 0 Å². The molecular weight excluding hydrogens is 725 g/mol. The first-order chi connectivity index (χ1) is 27.4. The van der Waals surface area contributed by atoms with Crippen molar-refractivity contribution in [3.8, 4) is 17.2 Å². The predicted molar refractivity (Wildman–Crippen MR) is 221 cm³/mol. The van der Waals surface area contributed by atoms with E-state index in [1.807, 2.05) is 37.3 Å². The summed E-state index contributed by atoms with van der Waals surface area (Å²) in [6.07, 6.45) is 6.64. The van der Waals surface area contributed by atoms with Crippen molar-refractivity contribution in [1.29, 1.82) is 0 Å². The predicted octanol–water partition coefficient (Wildman–Crippen LogP) is 9.45. The van der Waals surface area contributed by atoms with Gasteiger partial charge in [0.1, 0.15) is 17.2 Å². The monoisotopic (exact) mass is 772 g/mol. The van der Waals surface area contributed by atoms with Crippen LogP contribution in [0.2, 0.25) is 0 Å². The van der Waals surface area contributed by atoms with Gasteiger partial charge in [-0.3, -0.25) is 19.5 Å². The third-order valence-electron chi connectivity index (χ3n) is 9.45. The smallest absolute Gasteiger partial charge is 0.343 e. The number of phenolic OH excluding ortho intramolecular Hbond substituents is 1. The fraction of sp³-hybridized carbons (Fsp3) is 0.267. The van der Waals surface area contributed by atoms with E-state index in [1.54, 1.807) is 73.9 Å². The molecule has 4 N–H and O–H groups in total. The van der Waals surface area contributed by atoms with Gasteiger partial charge in [-0.15, -0.1) is 0 Å². The van der Waals surface area contributed by atoms with Crippen LogP contribution in [0.15, 0.2) is 103 Å². The number of H-pyrrole nitrogens is 1. The molecule has 0 bridgehead atoms. The fourth-order valence-corrected chi connectivity index (χ4v) is 6.25. The van der Waals surface area contributed by atoms with Crippen LogP contribution in [0.25, 0.3) is 21.7 Å². The highest BCUT2D eigenvalue weighted by Gasteiger charge is 2.21. The Morgan fingerprint density at radius 2 is 1.67 bits per heavy atom. The number of esters is 1. The van der Waals surface area contributed by atoms with Gasteiger partial charge in [0.25, 0.3) is 5.91 Å². The molecule has 0 aliphatic rings. The van der Waals surface area contributed by atoms with Crippen molar-refractivity contribution in [2.24, 2.45) is 0 Å². The van der Waals surface area contributed by atoms with Gasteiger partial charge in [-0.05, 0) is 86.3 Å². The summed E-state index contributed by atoms with van der Waals surface area (Å²) in [4.78, 5) is 49.9. The lowest BCUT2D eigenvalue weighted by Crippen LogP contribution is -2.23. The van der Waals surface area contributed by atoms with E-state index in [2.05, 4.69) is 22.4 Å². The zero-order valence-corrected chi connectivity index (χ0v) is 32.6. The number of aromatic amines is 1. The van der Waals surface area contributed by atoms with Gasteiger partial charge >= 0.3 is 11.9 Å². The van der Waals surface area contributed by atoms with Gasteiger partial charge in [-0.25, -0.2) is 4.79 Å². The largest absolute Gasteiger partial charge is 0.506 e. The summed E-state index contributed by atoms with van der Waals surface area (Å²) in [5.74, 6) is -1.11. The number of carboxylic acids is 1. The number of carbonyl (C=O) groups excluding carboxylic acids is 3. The zero-order chi connectivity index (χ0) is 40.9. The van der Waals surface area contributed by atoms with E-state index in [4.69, 9.17) is 9.47 Å². The number of nitrogens with one attached hydrogen (secondary N) is 2. The summed E-state index contributed by atoms with van der Waals surface area (Å²) in [6, 6.07) is 28.2. The SMILES string of the molecule is CCCCCCC(CCC(=O)O)Oc1ccc(C)cc1NC(=O)c1ccc2c(N(C)C(C)=O)cccc2c1O.O=C(Oc1ccccc1)c1ccc2[nH]ncc2c1. The minimum atomic E-state index is -0.876. The number of aromatic hydroxyl groups is 1. The van der Waals surface area contributed by atoms with E-state index in [0.717, 1.165) is 48.6 Å². The third kappa shape index (κ3) is 11.2. The molecule has 2 amide bonds. The van der Waals surface area contributed by atoms with Gasteiger partial charge < -0.3 is 29.9 Å². The fourth-order valence-electron chi connectivity index (χ4n) is 6.25. The number of aryl methyl sites for hydroxylation is 1. The van der Waals surface area contributed by atoms with Crippen LogP contribution in [0.4, 0.5) is 11.4 Å². The molecule has 0 aliphatic carbocycles. The maximum Gasteiger partial charge on any atom is 0.343 e. The first-order valence-corrected chi connectivity index (χ1v) is 18.9. The molecule has 0 saturated carbocycles. The Balaban J connectivity index is 0.000000284. The molecule has 1 heterocycles. The molecule has 1 unspecified atom stereocenters. The Kier molecular flexibility index (Phi) is 14.4. The molecule has 6 aromatic rings. The molecule has 0 fully saturated rings. The molecule has 5 aromatic carbocycles. The van der Waals surface area contributed by atoms with Crippen LogP contribution in [0, 0.1) is 6.92 Å². The molecule has 12 nitrogen and oxygen atoms in total. The molecular formula is C45H48N4O8. The number of fused-ring (bicyclic) bond motifs is 2. The average molecular weight is 773 g/mol. The lowest BCUT2D eigenvalue weighted by atomic mass is 10.0. The molecule has 0 saturated heterocycles. The minimum Gasteiger partial charge on any atom is -0.506 e. The Bertz CT molecular complexity index is 2340. The van der Waals surface area contributed by atoms with Crippen LogP contribution < -0.4 is 19.7 Å². The molecule has 296 valence electrons. The van der Waals surface area contributed by atoms with E-state index >= 15 is 0 Å². The van der Waals surface area contributed by atoms with Crippen LogP contribution in [0.1, 0.15) is 85.1 Å². The van der Waals surface area contributed by atoms with Crippen molar-refractivity contribution in [1.82, 2.24) is 10.2 Å². The van der Waals surface area contributed by atoms with Crippen LogP contribution in [0.5, 0.6) is 17.2 Å². The topological polar surface area (TPSA) is 171 Å². The molecule has 0 radical (unpaired) electrons. The number of aromatic nitrogens is 2. The standard InChI is InChI=1S/C31H38N2O6.C14H10N2O2/c1-5-6-7-8-10-22(14-18-29(35)36)39-28-17-13-20(2)19-26(28)32-31(38)25-16-15-23-24(30(25)37)11-9-12-27(23)33(4)21(3)34;17-14(18-12-4-2-1-3-5-12)10-6-7-13-11(8-10)9-15-16-13/h9,11-13,15-17,19,22,37H,5-8,10,14,18H2,1-4H3,(H,32,38)(H,35,36);1-9H,(H,15,16). The van der Waals surface area contributed by atoms with Gasteiger partial charge in [0.05, 0.1) is 40.3 Å².